The predicted octanol–water partition coefficient (Wildman–Crippen LogP) is 2.23. The van der Waals surface area contributed by atoms with E-state index in [0.29, 0.717) is 32.0 Å². The fourth-order valence-corrected chi connectivity index (χ4v) is 4.74. The molecule has 3 aromatic rings. The lowest BCUT2D eigenvalue weighted by molar-refractivity contribution is 0.0948. The largest absolute Gasteiger partial charge is 0.482 e. The molecule has 0 aliphatic carbocycles. The van der Waals surface area contributed by atoms with Crippen LogP contribution in [-0.4, -0.2) is 62.9 Å². The van der Waals surface area contributed by atoms with Crippen molar-refractivity contribution in [1.82, 2.24) is 29.8 Å². The van der Waals surface area contributed by atoms with Gasteiger partial charge in [-0.2, -0.15) is 14.6 Å². The zero-order chi connectivity index (χ0) is 23.3. The van der Waals surface area contributed by atoms with Crippen molar-refractivity contribution in [3.05, 3.63) is 53.6 Å². The average molecular weight is 466 g/mol. The number of benzene rings is 1. The minimum atomic E-state index is -0.287. The van der Waals surface area contributed by atoms with Gasteiger partial charge in [0.25, 0.3) is 5.78 Å². The lowest BCUT2D eigenvalue weighted by Crippen LogP contribution is -2.37. The monoisotopic (exact) mass is 465 g/mol. The van der Waals surface area contributed by atoms with Crippen LogP contribution in [0.25, 0.3) is 5.78 Å². The summed E-state index contributed by atoms with van der Waals surface area (Å²) in [6.45, 7) is 3.03. The van der Waals surface area contributed by atoms with Gasteiger partial charge in [0.05, 0.1) is 18.8 Å². The van der Waals surface area contributed by atoms with Gasteiger partial charge in [0, 0.05) is 24.3 Å². The molecule has 180 valence electrons. The molecular weight excluding hydrogens is 434 g/mol. The molecule has 1 amide bonds. The highest BCUT2D eigenvalue weighted by Gasteiger charge is 2.32. The summed E-state index contributed by atoms with van der Waals surface area (Å²) >= 11 is 0. The molecule has 1 aromatic carbocycles. The van der Waals surface area contributed by atoms with Gasteiger partial charge in [-0.1, -0.05) is 12.1 Å². The standard InChI is InChI=1S/C24H31N7O3/c25-10-1-2-14-33-24(32)30-13-9-17-5-3-7-21(18(17)15-30)34-22(19-6-4-11-26-19)20-8-12-27-23-28-16-29-31(20)23/h3,5,7-8,12,16,19,22,26H,1-2,4,6,9-11,13-15,25H2/t19?,22-/m1/s1. The van der Waals surface area contributed by atoms with E-state index in [2.05, 4.69) is 26.4 Å². The van der Waals surface area contributed by atoms with E-state index in [9.17, 15) is 4.79 Å². The van der Waals surface area contributed by atoms with Crippen LogP contribution in [0.3, 0.4) is 0 Å². The molecule has 10 nitrogen and oxygen atoms in total. The first kappa shape index (κ1) is 22.5. The Hall–Kier alpha value is -3.24. The molecule has 0 radical (unpaired) electrons. The third-order valence-corrected chi connectivity index (χ3v) is 6.53. The summed E-state index contributed by atoms with van der Waals surface area (Å²) < 4.78 is 13.9. The third kappa shape index (κ3) is 4.69. The number of carbonyl (C=O) groups is 1. The number of hydrogen-bond donors (Lipinski definition) is 2. The lowest BCUT2D eigenvalue weighted by atomic mass is 9.98. The minimum Gasteiger partial charge on any atom is -0.482 e. The van der Waals surface area contributed by atoms with Crippen molar-refractivity contribution >= 4 is 11.9 Å². The van der Waals surface area contributed by atoms with Crippen LogP contribution in [-0.2, 0) is 17.7 Å². The summed E-state index contributed by atoms with van der Waals surface area (Å²) in [7, 11) is 0. The number of carbonyl (C=O) groups excluding carboxylic acids is 1. The van der Waals surface area contributed by atoms with Crippen LogP contribution in [0, 0.1) is 0 Å². The number of amides is 1. The summed E-state index contributed by atoms with van der Waals surface area (Å²) in [5.74, 6) is 1.32. The van der Waals surface area contributed by atoms with Gasteiger partial charge in [-0.05, 0) is 62.9 Å². The van der Waals surface area contributed by atoms with Crippen molar-refractivity contribution in [3.8, 4) is 5.75 Å². The highest BCUT2D eigenvalue weighted by molar-refractivity contribution is 5.68. The molecule has 0 bridgehead atoms. The van der Waals surface area contributed by atoms with Crippen LogP contribution < -0.4 is 15.8 Å². The van der Waals surface area contributed by atoms with Crippen LogP contribution in [0.15, 0.2) is 36.8 Å². The SMILES string of the molecule is NCCCCOC(=O)N1CCc2cccc(O[C@@H](c3ccnc4ncnn34)C3CCCN3)c2C1. The summed E-state index contributed by atoms with van der Waals surface area (Å²) in [6, 6.07) is 8.18. The molecule has 2 atom stereocenters. The van der Waals surface area contributed by atoms with Crippen molar-refractivity contribution in [2.45, 2.75) is 50.8 Å². The first-order valence-corrected chi connectivity index (χ1v) is 12.0. The fraction of sp³-hybridized carbons (Fsp3) is 0.500. The van der Waals surface area contributed by atoms with Gasteiger partial charge in [-0.25, -0.2) is 9.78 Å². The Balaban J connectivity index is 1.39. The number of rotatable bonds is 8. The van der Waals surface area contributed by atoms with E-state index in [0.717, 1.165) is 55.7 Å². The molecule has 0 saturated carbocycles. The van der Waals surface area contributed by atoms with Crippen LogP contribution in [0.4, 0.5) is 4.79 Å². The van der Waals surface area contributed by atoms with Crippen LogP contribution in [0.2, 0.25) is 0 Å². The Kier molecular flexibility index (Phi) is 6.87. The van der Waals surface area contributed by atoms with E-state index in [-0.39, 0.29) is 18.2 Å². The minimum absolute atomic E-state index is 0.137. The molecule has 1 saturated heterocycles. The Morgan fingerprint density at radius 3 is 3.06 bits per heavy atom. The van der Waals surface area contributed by atoms with Gasteiger partial charge >= 0.3 is 6.09 Å². The molecule has 1 fully saturated rings. The van der Waals surface area contributed by atoms with Gasteiger partial charge in [0.1, 0.15) is 12.1 Å². The molecule has 3 N–H and O–H groups in total. The maximum atomic E-state index is 12.6. The number of nitrogens with two attached hydrogens (primary N) is 1. The Morgan fingerprint density at radius 1 is 1.26 bits per heavy atom. The number of aromatic nitrogens is 4. The molecule has 34 heavy (non-hydrogen) atoms. The molecule has 4 heterocycles. The number of hydrogen-bond acceptors (Lipinski definition) is 8. The van der Waals surface area contributed by atoms with Crippen molar-refractivity contribution in [2.75, 3.05) is 26.2 Å². The number of nitrogens with one attached hydrogen (secondary N) is 1. The van der Waals surface area contributed by atoms with Crippen molar-refractivity contribution in [3.63, 3.8) is 0 Å². The number of nitrogens with zero attached hydrogens (tertiary/aromatic N) is 5. The molecule has 10 heteroatoms. The number of unbranched alkanes of at least 4 members (excludes halogenated alkanes) is 1. The maximum Gasteiger partial charge on any atom is 0.410 e. The third-order valence-electron chi connectivity index (χ3n) is 6.53. The van der Waals surface area contributed by atoms with Crippen LogP contribution in [0.1, 0.15) is 48.6 Å². The fourth-order valence-electron chi connectivity index (χ4n) is 4.74. The van der Waals surface area contributed by atoms with E-state index >= 15 is 0 Å². The van der Waals surface area contributed by atoms with E-state index < -0.39 is 0 Å². The molecule has 1 unspecified atom stereocenters. The van der Waals surface area contributed by atoms with Crippen molar-refractivity contribution < 1.29 is 14.3 Å². The van der Waals surface area contributed by atoms with Gasteiger partial charge in [-0.15, -0.1) is 0 Å². The zero-order valence-corrected chi connectivity index (χ0v) is 19.2. The number of ether oxygens (including phenoxy) is 2. The second-order valence-corrected chi connectivity index (χ2v) is 8.76. The Labute approximate surface area is 198 Å². The summed E-state index contributed by atoms with van der Waals surface area (Å²) in [6.07, 6.45) is 7.16. The summed E-state index contributed by atoms with van der Waals surface area (Å²) in [5, 5.41) is 7.95. The van der Waals surface area contributed by atoms with E-state index in [4.69, 9.17) is 15.2 Å². The van der Waals surface area contributed by atoms with Gasteiger partial charge in [0.2, 0.25) is 0 Å². The smallest absolute Gasteiger partial charge is 0.410 e. The second-order valence-electron chi connectivity index (χ2n) is 8.76. The predicted molar refractivity (Wildman–Crippen MR) is 125 cm³/mol. The van der Waals surface area contributed by atoms with E-state index in [1.165, 1.54) is 11.9 Å². The van der Waals surface area contributed by atoms with Crippen LogP contribution >= 0.6 is 0 Å². The normalized spacial score (nSPS) is 18.6. The maximum absolute atomic E-state index is 12.6. The van der Waals surface area contributed by atoms with Crippen LogP contribution in [0.5, 0.6) is 5.75 Å². The quantitative estimate of drug-likeness (QED) is 0.486. The van der Waals surface area contributed by atoms with Crippen molar-refractivity contribution in [1.29, 1.82) is 0 Å². The molecular formula is C24H31N7O3. The molecule has 5 rings (SSSR count). The van der Waals surface area contributed by atoms with Gasteiger partial charge in [-0.3, -0.25) is 0 Å². The zero-order valence-electron chi connectivity index (χ0n) is 19.2. The summed E-state index contributed by atoms with van der Waals surface area (Å²) in [4.78, 5) is 22.9. The molecule has 2 aromatic heterocycles. The highest BCUT2D eigenvalue weighted by atomic mass is 16.6. The first-order chi connectivity index (χ1) is 16.7. The first-order valence-electron chi connectivity index (χ1n) is 12.0. The lowest BCUT2D eigenvalue weighted by Gasteiger charge is -2.32. The highest BCUT2D eigenvalue weighted by Crippen LogP contribution is 2.34. The average Bonchev–Trinajstić information content (AvgIpc) is 3.57. The molecule has 0 spiro atoms. The number of fused-ring (bicyclic) bond motifs is 2. The van der Waals surface area contributed by atoms with E-state index in [1.807, 2.05) is 18.2 Å². The second kappa shape index (κ2) is 10.4. The molecule has 2 aliphatic heterocycles. The Morgan fingerprint density at radius 2 is 2.21 bits per heavy atom. The van der Waals surface area contributed by atoms with E-state index in [1.54, 1.807) is 15.6 Å². The summed E-state index contributed by atoms with van der Waals surface area (Å²) in [5.41, 5.74) is 8.65. The van der Waals surface area contributed by atoms with Crippen molar-refractivity contribution in [2.24, 2.45) is 5.73 Å². The van der Waals surface area contributed by atoms with Gasteiger partial charge in [0.15, 0.2) is 6.10 Å². The topological polar surface area (TPSA) is 120 Å². The molecule has 2 aliphatic rings. The Bertz CT molecular complexity index is 1130. The van der Waals surface area contributed by atoms with Gasteiger partial charge < -0.3 is 25.4 Å².